The summed E-state index contributed by atoms with van der Waals surface area (Å²) in [5.41, 5.74) is 0. The second kappa shape index (κ2) is 41.8. The van der Waals surface area contributed by atoms with Crippen LogP contribution in [0.3, 0.4) is 0 Å². The van der Waals surface area contributed by atoms with Gasteiger partial charge in [0.2, 0.25) is 0 Å². The van der Waals surface area contributed by atoms with Crippen LogP contribution in [0.25, 0.3) is 0 Å². The number of carbonyl (C=O) groups excluding carboxylic acids is 2. The third-order valence-corrected chi connectivity index (χ3v) is 12.9. The molecular weight excluding hydrogens is 864 g/mol. The van der Waals surface area contributed by atoms with Gasteiger partial charge in [0.25, 0.3) is 0 Å². The first-order chi connectivity index (χ1) is 31.9. The summed E-state index contributed by atoms with van der Waals surface area (Å²) >= 11 is 0. The maximum Gasteiger partial charge on any atom is 0.472 e. The highest BCUT2D eigenvalue weighted by Crippen LogP contribution is 2.47. The zero-order chi connectivity index (χ0) is 48.5. The maximum absolute atomic E-state index is 12.8. The van der Waals surface area contributed by atoms with E-state index in [4.69, 9.17) is 18.5 Å². The van der Waals surface area contributed by atoms with Crippen LogP contribution in [0.5, 0.6) is 0 Å². The highest BCUT2D eigenvalue weighted by atomic mass is 31.2. The smallest absolute Gasteiger partial charge is 0.462 e. The molecular formula is C52H93O13P. The number of phosphoric ester groups is 1. The van der Waals surface area contributed by atoms with Gasteiger partial charge in [-0.15, -0.1) is 0 Å². The number of ether oxygens (including phenoxy) is 2. The molecule has 0 aromatic rings. The Morgan fingerprint density at radius 2 is 0.864 bits per heavy atom. The van der Waals surface area contributed by atoms with Crippen molar-refractivity contribution in [2.45, 2.75) is 256 Å². The van der Waals surface area contributed by atoms with Gasteiger partial charge < -0.3 is 39.9 Å². The topological polar surface area (TPSA) is 210 Å². The number of carbonyl (C=O) groups is 2. The Bertz CT molecular complexity index is 1340. The van der Waals surface area contributed by atoms with E-state index in [-0.39, 0.29) is 12.8 Å². The number of aliphatic hydroxyl groups excluding tert-OH is 5. The van der Waals surface area contributed by atoms with E-state index in [1.807, 2.05) is 6.08 Å². The Balaban J connectivity index is 2.40. The number of rotatable bonds is 43. The van der Waals surface area contributed by atoms with E-state index >= 15 is 0 Å². The molecule has 1 aliphatic carbocycles. The molecule has 0 saturated heterocycles. The number of phosphoric acid groups is 1. The molecule has 8 atom stereocenters. The summed E-state index contributed by atoms with van der Waals surface area (Å²) in [4.78, 5) is 35.8. The number of unbranched alkanes of at least 4 members (excludes halogenated alkanes) is 23. The number of hydrogen-bond acceptors (Lipinski definition) is 12. The highest BCUT2D eigenvalue weighted by molar-refractivity contribution is 7.47. The summed E-state index contributed by atoms with van der Waals surface area (Å²) in [5, 5.41) is 50.2. The molecule has 0 bridgehead atoms. The molecule has 1 aliphatic rings. The Hall–Kier alpha value is -2.19. The lowest BCUT2D eigenvalue weighted by Crippen LogP contribution is -2.64. The third kappa shape index (κ3) is 33.3. The summed E-state index contributed by atoms with van der Waals surface area (Å²) in [6, 6.07) is 0. The minimum absolute atomic E-state index is 0.0716. The van der Waals surface area contributed by atoms with E-state index in [1.54, 1.807) is 0 Å². The van der Waals surface area contributed by atoms with E-state index in [9.17, 15) is 44.6 Å². The molecule has 1 saturated carbocycles. The Morgan fingerprint density at radius 1 is 0.470 bits per heavy atom. The van der Waals surface area contributed by atoms with Gasteiger partial charge in [-0.05, 0) is 70.6 Å². The van der Waals surface area contributed by atoms with Crippen molar-refractivity contribution >= 4 is 19.8 Å². The number of esters is 2. The Morgan fingerprint density at radius 3 is 1.38 bits per heavy atom. The van der Waals surface area contributed by atoms with Gasteiger partial charge in [-0.3, -0.25) is 18.6 Å². The zero-order valence-corrected chi connectivity index (χ0v) is 41.9. The van der Waals surface area contributed by atoms with Crippen molar-refractivity contribution in [2.75, 3.05) is 13.2 Å². The Labute approximate surface area is 399 Å². The first-order valence-electron chi connectivity index (χ1n) is 25.9. The molecule has 0 spiro atoms. The van der Waals surface area contributed by atoms with E-state index in [1.165, 1.54) is 103 Å². The highest BCUT2D eigenvalue weighted by Gasteiger charge is 2.51. The van der Waals surface area contributed by atoms with Crippen molar-refractivity contribution in [3.05, 3.63) is 48.6 Å². The van der Waals surface area contributed by atoms with E-state index < -0.39 is 75.7 Å². The third-order valence-electron chi connectivity index (χ3n) is 11.9. The number of aliphatic hydroxyl groups is 5. The predicted octanol–water partition coefficient (Wildman–Crippen LogP) is 11.1. The lowest BCUT2D eigenvalue weighted by atomic mass is 9.85. The summed E-state index contributed by atoms with van der Waals surface area (Å²) in [6.45, 7) is 3.23. The van der Waals surface area contributed by atoms with Crippen molar-refractivity contribution in [3.63, 3.8) is 0 Å². The minimum Gasteiger partial charge on any atom is -0.462 e. The van der Waals surface area contributed by atoms with Crippen LogP contribution in [0.2, 0.25) is 0 Å². The fraction of sp³-hybridized carbons (Fsp3) is 0.808. The molecule has 66 heavy (non-hydrogen) atoms. The van der Waals surface area contributed by atoms with Crippen molar-refractivity contribution < 1.29 is 63.1 Å². The lowest BCUT2D eigenvalue weighted by Gasteiger charge is -2.41. The standard InChI is InChI=1S/C52H93O13P/c1-3-5-7-9-11-13-15-17-19-20-21-22-23-24-25-26-27-29-30-32-34-36-38-40-45(53)62-42-44(43-63-66(60,61)65-52-50(58)48(56)47(55)49(57)51(52)59)64-46(54)41-39-37-35-33-31-28-18-16-14-12-10-8-6-4-2/h10,12,16,18,26-27,32,34,44,47-52,55-59H,3-9,11,13-15,17,19-25,28-31,33,35-43H2,1-2H3,(H,60,61)/b12-10+,18-16+,27-26+,34-32+/t44-,47?,48-,49?,50?,51?,52?/m0/s1. The zero-order valence-electron chi connectivity index (χ0n) is 41.0. The van der Waals surface area contributed by atoms with Gasteiger partial charge in [-0.1, -0.05) is 178 Å². The fourth-order valence-corrected chi connectivity index (χ4v) is 8.65. The van der Waals surface area contributed by atoms with Gasteiger partial charge in [-0.25, -0.2) is 4.57 Å². The molecule has 0 amide bonds. The van der Waals surface area contributed by atoms with Crippen LogP contribution >= 0.6 is 7.82 Å². The summed E-state index contributed by atoms with van der Waals surface area (Å²) in [6.07, 6.45) is 37.5. The lowest BCUT2D eigenvalue weighted by molar-refractivity contribution is -0.220. The van der Waals surface area contributed by atoms with Crippen LogP contribution in [0.1, 0.15) is 213 Å². The molecule has 0 aromatic heterocycles. The van der Waals surface area contributed by atoms with Crippen molar-refractivity contribution in [1.29, 1.82) is 0 Å². The van der Waals surface area contributed by atoms with Crippen LogP contribution in [-0.2, 0) is 32.7 Å². The van der Waals surface area contributed by atoms with E-state index in [2.05, 4.69) is 56.4 Å². The molecule has 0 radical (unpaired) electrons. The van der Waals surface area contributed by atoms with Crippen LogP contribution in [-0.4, -0.2) is 98.3 Å². The molecule has 1 rings (SSSR count). The minimum atomic E-state index is -5.13. The first-order valence-corrected chi connectivity index (χ1v) is 27.4. The number of allylic oxidation sites excluding steroid dienone is 8. The average molecular weight is 957 g/mol. The summed E-state index contributed by atoms with van der Waals surface area (Å²) < 4.78 is 33.5. The van der Waals surface area contributed by atoms with Crippen molar-refractivity contribution in [1.82, 2.24) is 0 Å². The van der Waals surface area contributed by atoms with Gasteiger partial charge in [0, 0.05) is 12.8 Å². The quantitative estimate of drug-likeness (QED) is 0.0146. The normalized spacial score (nSPS) is 21.6. The van der Waals surface area contributed by atoms with Gasteiger partial charge in [-0.2, -0.15) is 0 Å². The first kappa shape index (κ1) is 61.8. The van der Waals surface area contributed by atoms with Crippen molar-refractivity contribution in [2.24, 2.45) is 0 Å². The predicted molar refractivity (Wildman–Crippen MR) is 263 cm³/mol. The molecule has 0 aromatic carbocycles. The molecule has 384 valence electrons. The molecule has 0 aliphatic heterocycles. The maximum atomic E-state index is 12.8. The summed E-state index contributed by atoms with van der Waals surface area (Å²) in [5.74, 6) is -1.16. The fourth-order valence-electron chi connectivity index (χ4n) is 7.68. The second-order valence-corrected chi connectivity index (χ2v) is 19.4. The van der Waals surface area contributed by atoms with Gasteiger partial charge in [0.1, 0.15) is 43.2 Å². The monoisotopic (exact) mass is 957 g/mol. The van der Waals surface area contributed by atoms with Crippen molar-refractivity contribution in [3.8, 4) is 0 Å². The van der Waals surface area contributed by atoms with E-state index in [0.29, 0.717) is 19.3 Å². The second-order valence-electron chi connectivity index (χ2n) is 18.0. The molecule has 0 heterocycles. The van der Waals surface area contributed by atoms with Crippen LogP contribution < -0.4 is 0 Å². The molecule has 6 unspecified atom stereocenters. The summed E-state index contributed by atoms with van der Waals surface area (Å²) in [7, 11) is -5.13. The average Bonchev–Trinajstić information content (AvgIpc) is 3.30. The van der Waals surface area contributed by atoms with Gasteiger partial charge in [0.05, 0.1) is 6.61 Å². The molecule has 14 heteroatoms. The SMILES string of the molecule is CCCC/C=C/C/C=C/CCCCCCCC(=O)O[C@@H](COC(=O)CCC/C=C/CC/C=C/CCCCCCCCCCCCCCCC)COP(=O)(O)OC1C(O)C(O)C(O)[C@H](O)C1O. The molecule has 13 nitrogen and oxygen atoms in total. The van der Waals surface area contributed by atoms with Crippen LogP contribution in [0.4, 0.5) is 0 Å². The van der Waals surface area contributed by atoms with Gasteiger partial charge in [0.15, 0.2) is 6.10 Å². The largest absolute Gasteiger partial charge is 0.472 e. The van der Waals surface area contributed by atoms with Crippen LogP contribution in [0, 0.1) is 0 Å². The van der Waals surface area contributed by atoms with E-state index in [0.717, 1.165) is 64.2 Å². The molecule has 1 fully saturated rings. The Kier molecular flexibility index (Phi) is 39.1. The number of hydrogen-bond donors (Lipinski definition) is 6. The molecule has 6 N–H and O–H groups in total. The van der Waals surface area contributed by atoms with Gasteiger partial charge >= 0.3 is 19.8 Å². The van der Waals surface area contributed by atoms with Crippen LogP contribution in [0.15, 0.2) is 48.6 Å².